The van der Waals surface area contributed by atoms with Gasteiger partial charge in [0.2, 0.25) is 5.91 Å². The molecule has 1 aliphatic rings. The van der Waals surface area contributed by atoms with E-state index in [0.29, 0.717) is 5.82 Å². The van der Waals surface area contributed by atoms with Crippen LogP contribution in [0.2, 0.25) is 0 Å². The van der Waals surface area contributed by atoms with Gasteiger partial charge in [-0.15, -0.1) is 0 Å². The van der Waals surface area contributed by atoms with Gasteiger partial charge in [-0.2, -0.15) is 0 Å². The minimum Gasteiger partial charge on any atom is -0.355 e. The summed E-state index contributed by atoms with van der Waals surface area (Å²) in [7, 11) is -3.91. The number of carbonyl (C=O) groups is 1. The summed E-state index contributed by atoms with van der Waals surface area (Å²) in [5.74, 6) is -0.267. The average Bonchev–Trinajstić information content (AvgIpc) is 2.38. The van der Waals surface area contributed by atoms with Gasteiger partial charge in [0.05, 0.1) is 6.20 Å². The van der Waals surface area contributed by atoms with E-state index in [-0.39, 0.29) is 4.90 Å². The number of carbonyl (C=O) groups excluding carboxylic acids is 1. The van der Waals surface area contributed by atoms with E-state index in [2.05, 4.69) is 9.97 Å². The minimum atomic E-state index is -3.91. The topological polar surface area (TPSA) is 92.3 Å². The van der Waals surface area contributed by atoms with Gasteiger partial charge in [0.15, 0.2) is 5.82 Å². The highest BCUT2D eigenvalue weighted by atomic mass is 32.2. The molecule has 104 valence electrons. The lowest BCUT2D eigenvalue weighted by Gasteiger charge is -2.28. The van der Waals surface area contributed by atoms with Crippen molar-refractivity contribution in [1.82, 2.24) is 14.7 Å². The van der Waals surface area contributed by atoms with Gasteiger partial charge >= 0.3 is 0 Å². The van der Waals surface area contributed by atoms with E-state index < -0.39 is 15.9 Å². The van der Waals surface area contributed by atoms with Crippen LogP contribution in [0, 0.1) is 0 Å². The van der Waals surface area contributed by atoms with E-state index in [1.165, 1.54) is 12.5 Å². The number of nitrogens with zero attached hydrogens (tertiary/aromatic N) is 3. The lowest BCUT2D eigenvalue weighted by atomic mass is 10.1. The smallest absolute Gasteiger partial charge is 0.269 e. The zero-order valence-corrected chi connectivity index (χ0v) is 11.5. The molecule has 2 rings (SSSR count). The molecular weight excluding hydrogens is 268 g/mol. The van der Waals surface area contributed by atoms with Gasteiger partial charge in [0, 0.05) is 20.0 Å². The number of rotatable bonds is 3. The molecule has 1 fully saturated rings. The Morgan fingerprint density at radius 2 is 2.00 bits per heavy atom. The Bertz CT molecular complexity index is 567. The van der Waals surface area contributed by atoms with Gasteiger partial charge in [-0.1, -0.05) is 0 Å². The highest BCUT2D eigenvalue weighted by Gasteiger charge is 2.25. The number of hydrogen-bond donors (Lipinski definition) is 1. The van der Waals surface area contributed by atoms with Crippen LogP contribution in [0.25, 0.3) is 0 Å². The quantitative estimate of drug-likeness (QED) is 0.857. The van der Waals surface area contributed by atoms with Crippen LogP contribution >= 0.6 is 0 Å². The normalized spacial score (nSPS) is 16.2. The number of hydrogen-bond acceptors (Lipinski definition) is 6. The maximum absolute atomic E-state index is 12.1. The molecule has 1 aromatic rings. The van der Waals surface area contributed by atoms with Crippen molar-refractivity contribution < 1.29 is 13.2 Å². The predicted octanol–water partition coefficient (Wildman–Crippen LogP) is 0.292. The molecule has 0 radical (unpaired) electrons. The summed E-state index contributed by atoms with van der Waals surface area (Å²) in [6.07, 6.45) is 5.68. The monoisotopic (exact) mass is 284 g/mol. The molecule has 0 aromatic carbocycles. The second kappa shape index (κ2) is 5.52. The summed E-state index contributed by atoms with van der Waals surface area (Å²) in [6, 6.07) is 0. The molecule has 2 heterocycles. The average molecular weight is 284 g/mol. The van der Waals surface area contributed by atoms with Crippen molar-refractivity contribution in [3.63, 3.8) is 0 Å². The highest BCUT2D eigenvalue weighted by Crippen LogP contribution is 2.24. The summed E-state index contributed by atoms with van der Waals surface area (Å²) in [6.45, 7) is 2.68. The Morgan fingerprint density at radius 1 is 1.32 bits per heavy atom. The number of anilines is 1. The van der Waals surface area contributed by atoms with Crippen molar-refractivity contribution in [3.05, 3.63) is 12.5 Å². The molecule has 0 atom stereocenters. The van der Waals surface area contributed by atoms with Gasteiger partial charge < -0.3 is 4.90 Å². The minimum absolute atomic E-state index is 0.0490. The predicted molar refractivity (Wildman–Crippen MR) is 69.1 cm³/mol. The van der Waals surface area contributed by atoms with E-state index >= 15 is 0 Å². The standard InChI is InChI=1S/C11H16N4O3S/c1-9(16)14-19(17,18)10-7-12-8-13-11(10)15-5-3-2-4-6-15/h7-8H,2-6H2,1H3,(H,14,16). The number of nitrogens with one attached hydrogen (secondary N) is 1. The molecule has 1 saturated heterocycles. The second-order valence-electron chi connectivity index (χ2n) is 4.42. The molecular formula is C11H16N4O3S. The summed E-state index contributed by atoms with van der Waals surface area (Å²) in [4.78, 5) is 20.6. The second-order valence-corrected chi connectivity index (χ2v) is 6.07. The zero-order chi connectivity index (χ0) is 13.9. The SMILES string of the molecule is CC(=O)NS(=O)(=O)c1cncnc1N1CCCCC1. The van der Waals surface area contributed by atoms with E-state index in [1.807, 2.05) is 9.62 Å². The molecule has 8 heteroatoms. The van der Waals surface area contributed by atoms with Gasteiger partial charge in [-0.3, -0.25) is 4.79 Å². The molecule has 0 spiro atoms. The first-order valence-electron chi connectivity index (χ1n) is 6.09. The summed E-state index contributed by atoms with van der Waals surface area (Å²) < 4.78 is 26.1. The van der Waals surface area contributed by atoms with Crippen LogP contribution in [0.1, 0.15) is 26.2 Å². The van der Waals surface area contributed by atoms with Crippen LogP contribution in [0.15, 0.2) is 17.4 Å². The molecule has 0 bridgehead atoms. The molecule has 0 unspecified atom stereocenters. The third-order valence-corrected chi connectivity index (χ3v) is 4.31. The number of amides is 1. The Labute approximate surface area is 112 Å². The van der Waals surface area contributed by atoms with Gasteiger partial charge in [-0.25, -0.2) is 23.1 Å². The highest BCUT2D eigenvalue weighted by molar-refractivity contribution is 7.90. The van der Waals surface area contributed by atoms with Gasteiger partial charge in [0.25, 0.3) is 10.0 Å². The van der Waals surface area contributed by atoms with Crippen LogP contribution in [0.5, 0.6) is 0 Å². The summed E-state index contributed by atoms with van der Waals surface area (Å²) in [5.41, 5.74) is 0. The fraction of sp³-hybridized carbons (Fsp3) is 0.545. The molecule has 19 heavy (non-hydrogen) atoms. The molecule has 1 aromatic heterocycles. The van der Waals surface area contributed by atoms with Crippen LogP contribution < -0.4 is 9.62 Å². The number of aromatic nitrogens is 2. The maximum Gasteiger partial charge on any atom is 0.269 e. The number of piperidine rings is 1. The van der Waals surface area contributed by atoms with Crippen molar-refractivity contribution >= 4 is 21.7 Å². The molecule has 1 N–H and O–H groups in total. The van der Waals surface area contributed by atoms with Crippen molar-refractivity contribution in [3.8, 4) is 0 Å². The zero-order valence-electron chi connectivity index (χ0n) is 10.7. The third-order valence-electron chi connectivity index (χ3n) is 2.88. The van der Waals surface area contributed by atoms with E-state index in [0.717, 1.165) is 39.3 Å². The number of sulfonamides is 1. The van der Waals surface area contributed by atoms with Crippen molar-refractivity contribution in [1.29, 1.82) is 0 Å². The van der Waals surface area contributed by atoms with Crippen molar-refractivity contribution in [2.24, 2.45) is 0 Å². The first-order valence-corrected chi connectivity index (χ1v) is 7.57. The Balaban J connectivity index is 2.38. The van der Waals surface area contributed by atoms with Gasteiger partial charge in [0.1, 0.15) is 11.2 Å². The van der Waals surface area contributed by atoms with Crippen molar-refractivity contribution in [2.45, 2.75) is 31.1 Å². The fourth-order valence-electron chi connectivity index (χ4n) is 2.09. The summed E-state index contributed by atoms with van der Waals surface area (Å²) in [5, 5.41) is 0. The largest absolute Gasteiger partial charge is 0.355 e. The Hall–Kier alpha value is -1.70. The lowest BCUT2D eigenvalue weighted by Crippen LogP contribution is -2.34. The van der Waals surface area contributed by atoms with E-state index in [9.17, 15) is 13.2 Å². The first-order chi connectivity index (χ1) is 9.00. The van der Waals surface area contributed by atoms with E-state index in [4.69, 9.17) is 0 Å². The molecule has 0 aliphatic carbocycles. The van der Waals surface area contributed by atoms with Crippen LogP contribution in [-0.4, -0.2) is 37.4 Å². The maximum atomic E-state index is 12.1. The van der Waals surface area contributed by atoms with Crippen LogP contribution in [-0.2, 0) is 14.8 Å². The Morgan fingerprint density at radius 3 is 2.63 bits per heavy atom. The van der Waals surface area contributed by atoms with Gasteiger partial charge in [-0.05, 0) is 19.3 Å². The van der Waals surface area contributed by atoms with E-state index in [1.54, 1.807) is 0 Å². The molecule has 1 aliphatic heterocycles. The summed E-state index contributed by atoms with van der Waals surface area (Å²) >= 11 is 0. The molecule has 0 saturated carbocycles. The first kappa shape index (κ1) is 13.7. The third kappa shape index (κ3) is 3.19. The Kier molecular flexibility index (Phi) is 3.98. The van der Waals surface area contributed by atoms with Crippen molar-refractivity contribution in [2.75, 3.05) is 18.0 Å². The van der Waals surface area contributed by atoms with Crippen LogP contribution in [0.3, 0.4) is 0 Å². The molecule has 1 amide bonds. The fourth-order valence-corrected chi connectivity index (χ4v) is 3.20. The lowest BCUT2D eigenvalue weighted by molar-refractivity contribution is -0.117. The van der Waals surface area contributed by atoms with Crippen LogP contribution in [0.4, 0.5) is 5.82 Å². The molecule has 7 nitrogen and oxygen atoms in total.